The van der Waals surface area contributed by atoms with Crippen molar-refractivity contribution in [3.63, 3.8) is 0 Å². The molecule has 0 spiro atoms. The number of amides is 2. The lowest BCUT2D eigenvalue weighted by Gasteiger charge is -2.43. The van der Waals surface area contributed by atoms with E-state index < -0.39 is 11.6 Å². The number of urea groups is 1. The summed E-state index contributed by atoms with van der Waals surface area (Å²) in [6.45, 7) is 9.80. The summed E-state index contributed by atoms with van der Waals surface area (Å²) in [5.41, 5.74) is 3.38. The van der Waals surface area contributed by atoms with Crippen molar-refractivity contribution in [2.75, 3.05) is 13.7 Å². The summed E-state index contributed by atoms with van der Waals surface area (Å²) in [7, 11) is 1.62. The van der Waals surface area contributed by atoms with Crippen LogP contribution in [0.15, 0.2) is 65.7 Å². The summed E-state index contributed by atoms with van der Waals surface area (Å²) in [5.74, 6) is 0.720. The van der Waals surface area contributed by atoms with Gasteiger partial charge in [-0.25, -0.2) is 14.2 Å². The van der Waals surface area contributed by atoms with Crippen LogP contribution in [0.2, 0.25) is 0 Å². The van der Waals surface area contributed by atoms with E-state index in [1.807, 2.05) is 69.7 Å². The van der Waals surface area contributed by atoms with Crippen molar-refractivity contribution in [2.24, 2.45) is 5.16 Å². The van der Waals surface area contributed by atoms with Gasteiger partial charge in [0, 0.05) is 11.8 Å². The molecule has 1 N–H and O–H groups in total. The van der Waals surface area contributed by atoms with Gasteiger partial charge in [0.25, 0.3) is 0 Å². The molecule has 2 heterocycles. The van der Waals surface area contributed by atoms with E-state index in [1.54, 1.807) is 30.5 Å². The molecule has 9 heteroatoms. The minimum atomic E-state index is -0.751. The second-order valence-corrected chi connectivity index (χ2v) is 9.40. The first-order valence-electron chi connectivity index (χ1n) is 12.1. The summed E-state index contributed by atoms with van der Waals surface area (Å²) >= 11 is 0. The van der Waals surface area contributed by atoms with Gasteiger partial charge in [0.05, 0.1) is 36.4 Å². The van der Waals surface area contributed by atoms with Crippen molar-refractivity contribution in [3.8, 4) is 11.4 Å². The van der Waals surface area contributed by atoms with Gasteiger partial charge in [-0.05, 0) is 76.1 Å². The number of nitrogens with one attached hydrogen (secondary N) is 1. The third-order valence-electron chi connectivity index (χ3n) is 6.31. The molecule has 0 saturated carbocycles. The summed E-state index contributed by atoms with van der Waals surface area (Å²) in [5, 5.41) is 7.45. The molecule has 0 unspecified atom stereocenters. The van der Waals surface area contributed by atoms with Crippen molar-refractivity contribution in [3.05, 3.63) is 83.2 Å². The SMILES string of the molecule is CCON=C1C(=Cc2ccc(-n3cnc(C)c3)c(OC)c2)C(C)(C)NC(=O)N1[C@H](C)c1ccc(F)cc1. The minimum absolute atomic E-state index is 0.319. The topological polar surface area (TPSA) is 81.0 Å². The minimum Gasteiger partial charge on any atom is -0.495 e. The fourth-order valence-corrected chi connectivity index (χ4v) is 4.33. The van der Waals surface area contributed by atoms with Crippen molar-refractivity contribution in [2.45, 2.75) is 46.2 Å². The second kappa shape index (κ2) is 10.5. The van der Waals surface area contributed by atoms with Crippen LogP contribution in [0.4, 0.5) is 9.18 Å². The molecular formula is C28H32FN5O3. The van der Waals surface area contributed by atoms with Gasteiger partial charge in [-0.15, -0.1) is 0 Å². The molecule has 4 rings (SSSR count). The molecule has 194 valence electrons. The molecule has 1 saturated heterocycles. The van der Waals surface area contributed by atoms with E-state index in [-0.39, 0.29) is 11.8 Å². The molecule has 1 fully saturated rings. The monoisotopic (exact) mass is 505 g/mol. The van der Waals surface area contributed by atoms with E-state index >= 15 is 0 Å². The summed E-state index contributed by atoms with van der Waals surface area (Å²) in [4.78, 5) is 24.6. The molecule has 1 atom stereocenters. The summed E-state index contributed by atoms with van der Waals surface area (Å²) in [6.07, 6.45) is 5.64. The van der Waals surface area contributed by atoms with E-state index in [4.69, 9.17) is 9.57 Å². The third kappa shape index (κ3) is 5.35. The van der Waals surface area contributed by atoms with Gasteiger partial charge >= 0.3 is 6.03 Å². The highest BCUT2D eigenvalue weighted by Gasteiger charge is 2.43. The Balaban J connectivity index is 1.80. The Morgan fingerprint density at radius 1 is 1.22 bits per heavy atom. The summed E-state index contributed by atoms with van der Waals surface area (Å²) in [6, 6.07) is 11.2. The average Bonchev–Trinajstić information content (AvgIpc) is 3.30. The second-order valence-electron chi connectivity index (χ2n) is 9.40. The molecule has 0 aliphatic carbocycles. The number of hydrogen-bond acceptors (Lipinski definition) is 5. The predicted molar refractivity (Wildman–Crippen MR) is 141 cm³/mol. The lowest BCUT2D eigenvalue weighted by Crippen LogP contribution is -2.61. The van der Waals surface area contributed by atoms with Crippen molar-refractivity contribution in [1.29, 1.82) is 0 Å². The van der Waals surface area contributed by atoms with Crippen LogP contribution >= 0.6 is 0 Å². The Bertz CT molecular complexity index is 1340. The number of benzene rings is 2. The van der Waals surface area contributed by atoms with E-state index in [1.165, 1.54) is 12.1 Å². The third-order valence-corrected chi connectivity index (χ3v) is 6.31. The highest BCUT2D eigenvalue weighted by molar-refractivity contribution is 6.14. The zero-order valence-electron chi connectivity index (χ0n) is 21.9. The number of imidazole rings is 1. The van der Waals surface area contributed by atoms with Crippen LogP contribution in [-0.2, 0) is 4.84 Å². The van der Waals surface area contributed by atoms with Gasteiger partial charge < -0.3 is 19.5 Å². The summed E-state index contributed by atoms with van der Waals surface area (Å²) < 4.78 is 21.1. The molecule has 1 aliphatic heterocycles. The van der Waals surface area contributed by atoms with Crippen LogP contribution in [0.1, 0.15) is 50.6 Å². The zero-order chi connectivity index (χ0) is 26.7. The molecule has 0 radical (unpaired) electrons. The van der Waals surface area contributed by atoms with E-state index in [2.05, 4.69) is 15.5 Å². The average molecular weight is 506 g/mol. The smallest absolute Gasteiger partial charge is 0.324 e. The predicted octanol–water partition coefficient (Wildman–Crippen LogP) is 5.63. The number of ether oxygens (including phenoxy) is 1. The Kier molecular flexibility index (Phi) is 7.33. The van der Waals surface area contributed by atoms with Gasteiger partial charge in [0.2, 0.25) is 0 Å². The molecule has 2 amide bonds. The number of carbonyl (C=O) groups is 1. The zero-order valence-corrected chi connectivity index (χ0v) is 21.9. The van der Waals surface area contributed by atoms with E-state index in [0.29, 0.717) is 18.2 Å². The molecule has 8 nitrogen and oxygen atoms in total. The lowest BCUT2D eigenvalue weighted by molar-refractivity contribution is 0.147. The van der Waals surface area contributed by atoms with Gasteiger partial charge in [-0.1, -0.05) is 23.4 Å². The number of amidine groups is 1. The maximum absolute atomic E-state index is 13.6. The molecule has 1 aromatic heterocycles. The first-order valence-corrected chi connectivity index (χ1v) is 12.1. The number of nitrogens with zero attached hydrogens (tertiary/aromatic N) is 4. The number of methoxy groups -OCH3 is 1. The van der Waals surface area contributed by atoms with E-state index in [9.17, 15) is 9.18 Å². The first-order chi connectivity index (χ1) is 17.6. The number of carbonyl (C=O) groups excluding carboxylic acids is 1. The van der Waals surface area contributed by atoms with Crippen LogP contribution in [0.25, 0.3) is 11.8 Å². The number of aryl methyl sites for hydroxylation is 1. The first kappa shape index (κ1) is 25.9. The fourth-order valence-electron chi connectivity index (χ4n) is 4.33. The van der Waals surface area contributed by atoms with Gasteiger partial charge in [-0.3, -0.25) is 4.90 Å². The Hall–Kier alpha value is -4.14. The number of halogens is 1. The largest absolute Gasteiger partial charge is 0.495 e. The highest BCUT2D eigenvalue weighted by atomic mass is 19.1. The highest BCUT2D eigenvalue weighted by Crippen LogP contribution is 2.34. The molecule has 3 aromatic rings. The van der Waals surface area contributed by atoms with Crippen LogP contribution < -0.4 is 10.1 Å². The van der Waals surface area contributed by atoms with Crippen LogP contribution in [0.3, 0.4) is 0 Å². The number of rotatable bonds is 7. The molecule has 37 heavy (non-hydrogen) atoms. The normalized spacial score (nSPS) is 18.1. The maximum atomic E-state index is 13.6. The Labute approximate surface area is 216 Å². The van der Waals surface area contributed by atoms with Crippen LogP contribution in [0.5, 0.6) is 5.75 Å². The Morgan fingerprint density at radius 3 is 2.57 bits per heavy atom. The van der Waals surface area contributed by atoms with Gasteiger partial charge in [-0.2, -0.15) is 0 Å². The quantitative estimate of drug-likeness (QED) is 0.422. The van der Waals surface area contributed by atoms with Gasteiger partial charge in [0.1, 0.15) is 18.2 Å². The van der Waals surface area contributed by atoms with Gasteiger partial charge in [0.15, 0.2) is 5.84 Å². The molecular weight excluding hydrogens is 473 g/mol. The molecule has 2 aromatic carbocycles. The lowest BCUT2D eigenvalue weighted by atomic mass is 9.87. The van der Waals surface area contributed by atoms with Crippen LogP contribution in [0, 0.1) is 12.7 Å². The fraction of sp³-hybridized carbons (Fsp3) is 0.321. The van der Waals surface area contributed by atoms with E-state index in [0.717, 1.165) is 28.1 Å². The Morgan fingerprint density at radius 2 is 1.95 bits per heavy atom. The van der Waals surface area contributed by atoms with Crippen molar-refractivity contribution < 1.29 is 18.8 Å². The molecule has 1 aliphatic rings. The van der Waals surface area contributed by atoms with Crippen molar-refractivity contribution in [1.82, 2.24) is 19.8 Å². The van der Waals surface area contributed by atoms with Crippen molar-refractivity contribution >= 4 is 17.9 Å². The number of hydrogen-bond donors (Lipinski definition) is 1. The number of aromatic nitrogens is 2. The maximum Gasteiger partial charge on any atom is 0.324 e. The van der Waals surface area contributed by atoms with Crippen LogP contribution in [-0.4, -0.2) is 45.6 Å². The number of oxime groups is 1. The standard InChI is InChI=1S/C28H32FN5O3/c1-7-37-32-26-23(14-20-8-13-24(25(15-20)36-6)33-16-18(2)30-17-33)28(4,5)31-27(35)34(26)19(3)21-9-11-22(29)12-10-21/h8-17,19H,7H2,1-6H3,(H,31,35)/t19-/m1/s1. The molecule has 0 bridgehead atoms.